The van der Waals surface area contributed by atoms with Gasteiger partial charge in [-0.05, 0) is 27.9 Å². The molecule has 0 aliphatic carbocycles. The topological polar surface area (TPSA) is 62.7 Å². The summed E-state index contributed by atoms with van der Waals surface area (Å²) >= 11 is 0. The molecule has 1 unspecified atom stereocenters. The summed E-state index contributed by atoms with van der Waals surface area (Å²) in [6, 6.07) is 0.197. The fraction of sp³-hybridized carbons (Fsp3) is 0.692. The second kappa shape index (κ2) is 9.17. The van der Waals surface area contributed by atoms with E-state index in [9.17, 15) is 0 Å². The lowest BCUT2D eigenvalue weighted by Gasteiger charge is -2.23. The summed E-state index contributed by atoms with van der Waals surface area (Å²) in [5.41, 5.74) is 7.16. The van der Waals surface area contributed by atoms with Crippen molar-refractivity contribution in [2.75, 3.05) is 33.7 Å². The highest BCUT2D eigenvalue weighted by molar-refractivity contribution is 14.0. The number of rotatable bonds is 6. The van der Waals surface area contributed by atoms with Crippen molar-refractivity contribution in [3.05, 3.63) is 18.0 Å². The molecule has 116 valence electrons. The van der Waals surface area contributed by atoms with E-state index in [0.717, 1.165) is 18.7 Å². The molecule has 0 saturated heterocycles. The Hall–Kier alpha value is -0.830. The van der Waals surface area contributed by atoms with Crippen molar-refractivity contribution < 1.29 is 0 Å². The van der Waals surface area contributed by atoms with Crippen LogP contribution < -0.4 is 5.73 Å². The summed E-state index contributed by atoms with van der Waals surface area (Å²) in [4.78, 5) is 8.70. The first-order valence-corrected chi connectivity index (χ1v) is 6.69. The molecular formula is C13H27IN6. The van der Waals surface area contributed by atoms with Gasteiger partial charge in [-0.15, -0.1) is 24.0 Å². The number of hydrogen-bond acceptors (Lipinski definition) is 3. The van der Waals surface area contributed by atoms with Crippen molar-refractivity contribution in [1.29, 1.82) is 0 Å². The molecule has 0 amide bonds. The van der Waals surface area contributed by atoms with Crippen LogP contribution in [0.4, 0.5) is 0 Å². The van der Waals surface area contributed by atoms with Crippen molar-refractivity contribution in [1.82, 2.24) is 19.6 Å². The van der Waals surface area contributed by atoms with Crippen LogP contribution in [0.1, 0.15) is 25.5 Å². The number of nitrogens with two attached hydrogens (primary N) is 1. The van der Waals surface area contributed by atoms with Crippen molar-refractivity contribution in [2.24, 2.45) is 17.8 Å². The largest absolute Gasteiger partial charge is 0.370 e. The van der Waals surface area contributed by atoms with Crippen LogP contribution in [0.15, 0.2) is 17.4 Å². The molecule has 0 spiro atoms. The molecule has 1 heterocycles. The van der Waals surface area contributed by atoms with Crippen LogP contribution >= 0.6 is 24.0 Å². The second-order valence-electron chi connectivity index (χ2n) is 4.80. The van der Waals surface area contributed by atoms with Gasteiger partial charge in [0.1, 0.15) is 0 Å². The lowest BCUT2D eigenvalue weighted by molar-refractivity contribution is 0.305. The molecule has 0 radical (unpaired) electrons. The predicted octanol–water partition coefficient (Wildman–Crippen LogP) is 1.30. The van der Waals surface area contributed by atoms with Crippen LogP contribution in [0.25, 0.3) is 0 Å². The molecule has 0 saturated carbocycles. The Kier molecular flexibility index (Phi) is 8.79. The number of aromatic nitrogens is 2. The van der Waals surface area contributed by atoms with Gasteiger partial charge in [-0.25, -0.2) is 0 Å². The molecular weight excluding hydrogens is 367 g/mol. The van der Waals surface area contributed by atoms with Crippen LogP contribution in [0.5, 0.6) is 0 Å². The van der Waals surface area contributed by atoms with Crippen LogP contribution in [-0.2, 0) is 7.05 Å². The number of guanidine groups is 1. The Morgan fingerprint density at radius 3 is 2.40 bits per heavy atom. The maximum Gasteiger partial charge on any atom is 0.191 e. The van der Waals surface area contributed by atoms with Gasteiger partial charge in [0.2, 0.25) is 0 Å². The van der Waals surface area contributed by atoms with Gasteiger partial charge in [0.15, 0.2) is 5.96 Å². The number of hydrogen-bond donors (Lipinski definition) is 1. The van der Waals surface area contributed by atoms with Gasteiger partial charge < -0.3 is 15.5 Å². The van der Waals surface area contributed by atoms with E-state index in [4.69, 9.17) is 5.73 Å². The predicted molar refractivity (Wildman–Crippen MR) is 94.5 cm³/mol. The summed E-state index contributed by atoms with van der Waals surface area (Å²) in [6.07, 6.45) is 3.90. The van der Waals surface area contributed by atoms with E-state index >= 15 is 0 Å². The molecule has 0 fully saturated rings. The van der Waals surface area contributed by atoms with E-state index in [1.807, 2.05) is 38.2 Å². The number of halogens is 1. The number of aryl methyl sites for hydroxylation is 1. The first kappa shape index (κ1) is 19.2. The van der Waals surface area contributed by atoms with Crippen molar-refractivity contribution in [2.45, 2.75) is 19.9 Å². The van der Waals surface area contributed by atoms with Gasteiger partial charge in [0, 0.05) is 31.9 Å². The highest BCUT2D eigenvalue weighted by Gasteiger charge is 2.15. The summed E-state index contributed by atoms with van der Waals surface area (Å²) in [5, 5.41) is 4.21. The number of nitrogens with zero attached hydrogens (tertiary/aromatic N) is 5. The van der Waals surface area contributed by atoms with E-state index in [0.29, 0.717) is 12.5 Å². The summed E-state index contributed by atoms with van der Waals surface area (Å²) in [5.74, 6) is 0.612. The molecule has 2 N–H and O–H groups in total. The van der Waals surface area contributed by atoms with Crippen molar-refractivity contribution in [3.63, 3.8) is 0 Å². The third-order valence-electron chi connectivity index (χ3n) is 3.25. The molecule has 7 heteroatoms. The maximum absolute atomic E-state index is 6.01. The van der Waals surface area contributed by atoms with Gasteiger partial charge in [0.05, 0.1) is 18.8 Å². The van der Waals surface area contributed by atoms with E-state index in [1.165, 1.54) is 0 Å². The zero-order valence-electron chi connectivity index (χ0n) is 13.1. The maximum atomic E-state index is 6.01. The third kappa shape index (κ3) is 5.28. The normalized spacial score (nSPS) is 13.2. The minimum atomic E-state index is 0. The lowest BCUT2D eigenvalue weighted by Crippen LogP contribution is -2.37. The standard InChI is InChI=1S/C13H26N6.HI/c1-6-19(7-2)13(14)15-9-12(17(3)4)11-8-16-18(5)10-11;/h8,10,12H,6-7,9H2,1-5H3,(H2,14,15);1H. The van der Waals surface area contributed by atoms with Gasteiger partial charge in [-0.3, -0.25) is 9.67 Å². The first-order valence-electron chi connectivity index (χ1n) is 6.69. The minimum Gasteiger partial charge on any atom is -0.370 e. The highest BCUT2D eigenvalue weighted by Crippen LogP contribution is 2.17. The molecule has 1 rings (SSSR count). The smallest absolute Gasteiger partial charge is 0.191 e. The van der Waals surface area contributed by atoms with Gasteiger partial charge in [-0.1, -0.05) is 0 Å². The fourth-order valence-corrected chi connectivity index (χ4v) is 2.01. The minimum absolute atomic E-state index is 0. The summed E-state index contributed by atoms with van der Waals surface area (Å²) in [6.45, 7) is 6.56. The van der Waals surface area contributed by atoms with Gasteiger partial charge in [-0.2, -0.15) is 5.10 Å². The Morgan fingerprint density at radius 2 is 2.00 bits per heavy atom. The number of likely N-dealkylation sites (N-methyl/N-ethyl adjacent to an activating group) is 1. The zero-order chi connectivity index (χ0) is 14.4. The van der Waals surface area contributed by atoms with E-state index in [1.54, 1.807) is 0 Å². The third-order valence-corrected chi connectivity index (χ3v) is 3.25. The second-order valence-corrected chi connectivity index (χ2v) is 4.80. The summed E-state index contributed by atoms with van der Waals surface area (Å²) < 4.78 is 1.81. The van der Waals surface area contributed by atoms with Crippen molar-refractivity contribution >= 4 is 29.9 Å². The van der Waals surface area contributed by atoms with Gasteiger partial charge >= 0.3 is 0 Å². The van der Waals surface area contributed by atoms with Crippen LogP contribution in [0, 0.1) is 0 Å². The lowest BCUT2D eigenvalue weighted by atomic mass is 10.1. The SMILES string of the molecule is CCN(CC)C(N)=NCC(c1cnn(C)c1)N(C)C.I. The van der Waals surface area contributed by atoms with Crippen LogP contribution in [0.3, 0.4) is 0 Å². The molecule has 0 aliphatic rings. The molecule has 1 atom stereocenters. The van der Waals surface area contributed by atoms with Crippen LogP contribution in [-0.4, -0.2) is 59.3 Å². The van der Waals surface area contributed by atoms with E-state index in [2.05, 4.69) is 33.7 Å². The monoisotopic (exact) mass is 394 g/mol. The average molecular weight is 394 g/mol. The Bertz CT molecular complexity index is 411. The Morgan fingerprint density at radius 1 is 1.40 bits per heavy atom. The first-order chi connectivity index (χ1) is 8.99. The molecule has 6 nitrogen and oxygen atoms in total. The zero-order valence-corrected chi connectivity index (χ0v) is 15.4. The van der Waals surface area contributed by atoms with Crippen LogP contribution in [0.2, 0.25) is 0 Å². The Balaban J connectivity index is 0.00000361. The number of aliphatic imine (C=N–C) groups is 1. The molecule has 0 aromatic carbocycles. The molecule has 0 aliphatic heterocycles. The Labute approximate surface area is 139 Å². The quantitative estimate of drug-likeness (QED) is 0.449. The molecule has 1 aromatic rings. The van der Waals surface area contributed by atoms with E-state index in [-0.39, 0.29) is 30.0 Å². The van der Waals surface area contributed by atoms with E-state index < -0.39 is 0 Å². The highest BCUT2D eigenvalue weighted by atomic mass is 127. The van der Waals surface area contributed by atoms with Gasteiger partial charge in [0.25, 0.3) is 0 Å². The van der Waals surface area contributed by atoms with Crippen molar-refractivity contribution in [3.8, 4) is 0 Å². The molecule has 20 heavy (non-hydrogen) atoms. The molecule has 0 bridgehead atoms. The summed E-state index contributed by atoms with van der Waals surface area (Å²) in [7, 11) is 6.01. The average Bonchev–Trinajstić information content (AvgIpc) is 2.77. The fourth-order valence-electron chi connectivity index (χ4n) is 2.01. The molecule has 1 aromatic heterocycles.